The molecule has 4 N–H and O–H groups in total. The van der Waals surface area contributed by atoms with Gasteiger partial charge >= 0.3 is 0 Å². The summed E-state index contributed by atoms with van der Waals surface area (Å²) < 4.78 is 0. The summed E-state index contributed by atoms with van der Waals surface area (Å²) in [6, 6.07) is 1.55. The molecule has 2 aromatic rings. The monoisotopic (exact) mass is 360 g/mol. The topological polar surface area (TPSA) is 111 Å². The number of nitrogens with one attached hydrogen (secondary N) is 1. The van der Waals surface area contributed by atoms with Crippen molar-refractivity contribution in [2.75, 3.05) is 30.3 Å². The molecule has 8 nitrogen and oxygen atoms in total. The lowest BCUT2D eigenvalue weighted by atomic mass is 10.0. The van der Waals surface area contributed by atoms with Crippen LogP contribution in [0.4, 0.5) is 5.82 Å². The number of thioether (sulfide) groups is 1. The first-order chi connectivity index (χ1) is 12.1. The maximum absolute atomic E-state index is 12.8. The van der Waals surface area contributed by atoms with Gasteiger partial charge in [0.1, 0.15) is 17.8 Å². The maximum Gasteiger partial charge on any atom is 0.261 e. The predicted octanol–water partition coefficient (Wildman–Crippen LogP) is 0.273. The largest absolute Gasteiger partial charge is 0.391 e. The molecule has 1 fully saturated rings. The molecular formula is C16H20N6O2S. The van der Waals surface area contributed by atoms with Crippen molar-refractivity contribution in [2.24, 2.45) is 5.73 Å². The summed E-state index contributed by atoms with van der Waals surface area (Å²) in [5.41, 5.74) is 6.68. The van der Waals surface area contributed by atoms with Crippen LogP contribution in [-0.4, -0.2) is 68.4 Å². The Bertz CT molecular complexity index is 822. The van der Waals surface area contributed by atoms with E-state index in [1.54, 1.807) is 16.7 Å². The first kappa shape index (κ1) is 16.4. The molecule has 9 heteroatoms. The number of nitrogens with two attached hydrogens (primary N) is 1. The number of likely N-dealkylation sites (tertiary alicyclic amines) is 1. The van der Waals surface area contributed by atoms with Gasteiger partial charge in [0, 0.05) is 43.8 Å². The average Bonchev–Trinajstić information content (AvgIpc) is 3.12. The van der Waals surface area contributed by atoms with Gasteiger partial charge < -0.3 is 25.6 Å². The summed E-state index contributed by atoms with van der Waals surface area (Å²) in [6.07, 6.45) is 5.21. The predicted molar refractivity (Wildman–Crippen MR) is 97.0 cm³/mol. The fourth-order valence-electron chi connectivity index (χ4n) is 3.18. The van der Waals surface area contributed by atoms with E-state index in [0.717, 1.165) is 29.1 Å². The minimum atomic E-state index is -0.531. The number of hydrogen-bond acceptors (Lipinski definition) is 7. The van der Waals surface area contributed by atoms with Gasteiger partial charge in [-0.15, -0.1) is 11.8 Å². The molecule has 0 saturated carbocycles. The highest BCUT2D eigenvalue weighted by molar-refractivity contribution is 8.04. The highest BCUT2D eigenvalue weighted by Gasteiger charge is 2.30. The molecule has 0 unspecified atom stereocenters. The van der Waals surface area contributed by atoms with Crippen LogP contribution in [-0.2, 0) is 4.79 Å². The molecule has 1 amide bonds. The van der Waals surface area contributed by atoms with Gasteiger partial charge in [-0.3, -0.25) is 4.79 Å². The Morgan fingerprint density at radius 3 is 3.12 bits per heavy atom. The number of carbonyl (C=O) groups is 1. The van der Waals surface area contributed by atoms with Crippen molar-refractivity contribution in [1.82, 2.24) is 19.9 Å². The van der Waals surface area contributed by atoms with Crippen molar-refractivity contribution in [3.05, 3.63) is 29.7 Å². The lowest BCUT2D eigenvalue weighted by molar-refractivity contribution is -0.128. The smallest absolute Gasteiger partial charge is 0.261 e. The SMILES string of the molecule is N[C@H]1CN(C(=O)C2=CN(c3ncnc4[nH]ccc34)CCS2)CC[C@H]1O. The summed E-state index contributed by atoms with van der Waals surface area (Å²) in [5.74, 6) is 1.56. The van der Waals surface area contributed by atoms with E-state index in [9.17, 15) is 9.90 Å². The number of amides is 1. The van der Waals surface area contributed by atoms with E-state index >= 15 is 0 Å². The number of aromatic nitrogens is 3. The molecule has 25 heavy (non-hydrogen) atoms. The molecule has 132 valence electrons. The third-order valence-corrected chi connectivity index (χ3v) is 5.56. The van der Waals surface area contributed by atoms with Gasteiger partial charge in [-0.1, -0.05) is 0 Å². The zero-order chi connectivity index (χ0) is 17.4. The van der Waals surface area contributed by atoms with Gasteiger partial charge in [-0.25, -0.2) is 9.97 Å². The average molecular weight is 360 g/mol. The van der Waals surface area contributed by atoms with E-state index in [4.69, 9.17) is 5.73 Å². The summed E-state index contributed by atoms with van der Waals surface area (Å²) >= 11 is 1.55. The van der Waals surface area contributed by atoms with Crippen LogP contribution in [0.2, 0.25) is 0 Å². The standard InChI is InChI=1S/C16H20N6O2S/c17-11-7-22(4-2-12(11)23)16(24)13-8-21(5-6-25-13)15-10-1-3-18-14(10)19-9-20-15/h1,3,8-9,11-12,23H,2,4-7,17H2,(H,18,19,20)/t11-,12+/m0/s1. The number of aliphatic hydroxyl groups is 1. The van der Waals surface area contributed by atoms with Crippen LogP contribution in [0.25, 0.3) is 11.0 Å². The van der Waals surface area contributed by atoms with Gasteiger partial charge in [0.25, 0.3) is 5.91 Å². The molecule has 1 saturated heterocycles. The first-order valence-electron chi connectivity index (χ1n) is 8.26. The molecule has 2 atom stereocenters. The van der Waals surface area contributed by atoms with E-state index < -0.39 is 6.10 Å². The summed E-state index contributed by atoms with van der Waals surface area (Å²) in [4.78, 5) is 28.9. The third-order valence-electron chi connectivity index (χ3n) is 4.59. The zero-order valence-electron chi connectivity index (χ0n) is 13.6. The number of fused-ring (bicyclic) bond motifs is 1. The van der Waals surface area contributed by atoms with E-state index in [-0.39, 0.29) is 11.9 Å². The van der Waals surface area contributed by atoms with Gasteiger partial charge in [-0.05, 0) is 12.5 Å². The van der Waals surface area contributed by atoms with Crippen LogP contribution in [0.3, 0.4) is 0 Å². The van der Waals surface area contributed by atoms with Gasteiger partial charge in [-0.2, -0.15) is 0 Å². The number of aliphatic hydroxyl groups excluding tert-OH is 1. The van der Waals surface area contributed by atoms with Crippen molar-refractivity contribution < 1.29 is 9.90 Å². The van der Waals surface area contributed by atoms with Crippen LogP contribution in [0.15, 0.2) is 29.7 Å². The Morgan fingerprint density at radius 1 is 1.40 bits per heavy atom. The number of piperidine rings is 1. The Labute approximate surface area is 149 Å². The minimum Gasteiger partial charge on any atom is -0.391 e. The molecule has 2 aliphatic heterocycles. The van der Waals surface area contributed by atoms with Crippen molar-refractivity contribution in [3.63, 3.8) is 0 Å². The second-order valence-corrected chi connectivity index (χ2v) is 7.38. The van der Waals surface area contributed by atoms with Crippen LogP contribution in [0, 0.1) is 0 Å². The van der Waals surface area contributed by atoms with Crippen molar-refractivity contribution in [3.8, 4) is 0 Å². The van der Waals surface area contributed by atoms with Gasteiger partial charge in [0.2, 0.25) is 0 Å². The Hall–Kier alpha value is -2.10. The van der Waals surface area contributed by atoms with E-state index in [2.05, 4.69) is 15.0 Å². The van der Waals surface area contributed by atoms with Crippen LogP contribution >= 0.6 is 11.8 Å². The van der Waals surface area contributed by atoms with E-state index in [0.29, 0.717) is 24.4 Å². The second-order valence-electron chi connectivity index (χ2n) is 6.24. The first-order valence-corrected chi connectivity index (χ1v) is 9.24. The van der Waals surface area contributed by atoms with Crippen LogP contribution in [0.5, 0.6) is 0 Å². The highest BCUT2D eigenvalue weighted by Crippen LogP contribution is 2.30. The molecule has 4 rings (SSSR count). The number of H-pyrrole nitrogens is 1. The number of hydrogen-bond donors (Lipinski definition) is 3. The Kier molecular flexibility index (Phi) is 4.36. The molecule has 2 aliphatic rings. The number of nitrogens with zero attached hydrogens (tertiary/aromatic N) is 4. The Balaban J connectivity index is 1.58. The lowest BCUT2D eigenvalue weighted by Gasteiger charge is -2.35. The lowest BCUT2D eigenvalue weighted by Crippen LogP contribution is -2.53. The van der Waals surface area contributed by atoms with E-state index in [1.165, 1.54) is 6.33 Å². The number of anilines is 1. The van der Waals surface area contributed by atoms with Crippen molar-refractivity contribution in [2.45, 2.75) is 18.6 Å². The quantitative estimate of drug-likeness (QED) is 0.705. The normalized spacial score (nSPS) is 24.5. The van der Waals surface area contributed by atoms with Crippen LogP contribution in [0.1, 0.15) is 6.42 Å². The summed E-state index contributed by atoms with van der Waals surface area (Å²) in [6.45, 7) is 1.69. The maximum atomic E-state index is 12.8. The number of rotatable bonds is 2. The number of aromatic amines is 1. The molecule has 0 bridgehead atoms. The number of carbonyl (C=O) groups excluding carboxylic acids is 1. The summed E-state index contributed by atoms with van der Waals surface area (Å²) in [7, 11) is 0. The van der Waals surface area contributed by atoms with Gasteiger partial charge in [0.15, 0.2) is 0 Å². The molecule has 0 aliphatic carbocycles. The van der Waals surface area contributed by atoms with Crippen molar-refractivity contribution in [1.29, 1.82) is 0 Å². The fourth-order valence-corrected chi connectivity index (χ4v) is 4.14. The molecule has 0 spiro atoms. The molecular weight excluding hydrogens is 340 g/mol. The Morgan fingerprint density at radius 2 is 2.28 bits per heavy atom. The zero-order valence-corrected chi connectivity index (χ0v) is 14.4. The molecule has 0 aromatic carbocycles. The molecule has 4 heterocycles. The summed E-state index contributed by atoms with van der Waals surface area (Å²) in [5, 5.41) is 10.7. The van der Waals surface area contributed by atoms with Crippen LogP contribution < -0.4 is 10.6 Å². The highest BCUT2D eigenvalue weighted by atomic mass is 32.2. The van der Waals surface area contributed by atoms with Gasteiger partial charge in [0.05, 0.1) is 16.4 Å². The fraction of sp³-hybridized carbons (Fsp3) is 0.438. The van der Waals surface area contributed by atoms with Crippen molar-refractivity contribution >= 4 is 34.5 Å². The minimum absolute atomic E-state index is 0.0311. The molecule has 0 radical (unpaired) electrons. The molecule has 2 aromatic heterocycles. The second kappa shape index (κ2) is 6.66. The third kappa shape index (κ3) is 3.10. The van der Waals surface area contributed by atoms with E-state index in [1.807, 2.05) is 23.4 Å².